The minimum Gasteiger partial charge on any atom is -0.402 e. The minimum absolute atomic E-state index is 0.281. The van der Waals surface area contributed by atoms with Crippen molar-refractivity contribution < 1.29 is 9.53 Å². The zero-order valence-corrected chi connectivity index (χ0v) is 15.4. The molecule has 5 heteroatoms. The van der Waals surface area contributed by atoms with E-state index in [1.54, 1.807) is 6.08 Å². The number of ether oxygens (including phenoxy) is 1. The molecule has 0 fully saturated rings. The normalized spacial score (nSPS) is 15.1. The smallest absolute Gasteiger partial charge is 0.363 e. The van der Waals surface area contributed by atoms with Crippen LogP contribution in [0.4, 0.5) is 0 Å². The van der Waals surface area contributed by atoms with Crippen molar-refractivity contribution >= 4 is 17.9 Å². The van der Waals surface area contributed by atoms with Crippen LogP contribution in [0.3, 0.4) is 0 Å². The van der Waals surface area contributed by atoms with Crippen LogP contribution in [0, 0.1) is 20.8 Å². The van der Waals surface area contributed by atoms with Crippen molar-refractivity contribution in [1.29, 1.82) is 0 Å². The summed E-state index contributed by atoms with van der Waals surface area (Å²) in [5, 5.41) is 4.63. The lowest BCUT2D eigenvalue weighted by atomic mass is 10.1. The van der Waals surface area contributed by atoms with Crippen LogP contribution in [0.15, 0.2) is 65.3 Å². The van der Waals surface area contributed by atoms with Crippen LogP contribution in [-0.4, -0.2) is 21.6 Å². The number of aliphatic imine (C=N–C) groups is 1. The second kappa shape index (κ2) is 6.68. The topological polar surface area (TPSA) is 56.5 Å². The molecule has 2 aromatic carbocycles. The standard InChI is InChI=1S/C22H19N3O2/c1-14-9-11-18(12-10-14)25-16(3)19(15(2)24-25)13-20-22(26)27-21(23-20)17-7-5-4-6-8-17/h4-13H,1-3H3/b20-13-. The van der Waals surface area contributed by atoms with Crippen LogP contribution in [-0.2, 0) is 9.53 Å². The van der Waals surface area contributed by atoms with Gasteiger partial charge < -0.3 is 4.74 Å². The van der Waals surface area contributed by atoms with Gasteiger partial charge in [-0.2, -0.15) is 5.10 Å². The third-order valence-electron chi connectivity index (χ3n) is 4.55. The fraction of sp³-hybridized carbons (Fsp3) is 0.136. The Labute approximate surface area is 157 Å². The zero-order valence-electron chi connectivity index (χ0n) is 15.4. The number of aromatic nitrogens is 2. The molecule has 1 aliphatic heterocycles. The summed E-state index contributed by atoms with van der Waals surface area (Å²) >= 11 is 0. The van der Waals surface area contributed by atoms with Crippen LogP contribution < -0.4 is 0 Å². The maximum atomic E-state index is 12.3. The average molecular weight is 357 g/mol. The van der Waals surface area contributed by atoms with E-state index < -0.39 is 5.97 Å². The first-order valence-corrected chi connectivity index (χ1v) is 8.74. The number of benzene rings is 2. The molecule has 2 heterocycles. The number of cyclic esters (lactones) is 1. The van der Waals surface area contributed by atoms with E-state index in [1.807, 2.05) is 61.0 Å². The van der Waals surface area contributed by atoms with Crippen molar-refractivity contribution in [2.75, 3.05) is 0 Å². The molecular formula is C22H19N3O2. The Kier molecular flexibility index (Phi) is 4.20. The quantitative estimate of drug-likeness (QED) is 0.523. The average Bonchev–Trinajstić information content (AvgIpc) is 3.18. The van der Waals surface area contributed by atoms with Gasteiger partial charge in [0.15, 0.2) is 5.70 Å². The molecule has 0 bridgehead atoms. The monoisotopic (exact) mass is 357 g/mol. The van der Waals surface area contributed by atoms with Crippen molar-refractivity contribution in [2.45, 2.75) is 20.8 Å². The predicted octanol–water partition coefficient (Wildman–Crippen LogP) is 4.14. The van der Waals surface area contributed by atoms with Crippen molar-refractivity contribution in [1.82, 2.24) is 9.78 Å². The molecule has 4 rings (SSSR count). The Morgan fingerprint density at radius 3 is 2.37 bits per heavy atom. The largest absolute Gasteiger partial charge is 0.402 e. The molecule has 0 saturated carbocycles. The third kappa shape index (κ3) is 3.19. The van der Waals surface area contributed by atoms with E-state index in [4.69, 9.17) is 4.74 Å². The van der Waals surface area contributed by atoms with E-state index in [0.29, 0.717) is 5.90 Å². The molecule has 0 spiro atoms. The molecule has 5 nitrogen and oxygen atoms in total. The van der Waals surface area contributed by atoms with Gasteiger partial charge in [-0.3, -0.25) is 0 Å². The molecule has 0 amide bonds. The number of nitrogens with zero attached hydrogens (tertiary/aromatic N) is 3. The molecule has 3 aromatic rings. The number of hydrogen-bond acceptors (Lipinski definition) is 4. The van der Waals surface area contributed by atoms with Crippen LogP contribution in [0.2, 0.25) is 0 Å². The van der Waals surface area contributed by atoms with Gasteiger partial charge in [0, 0.05) is 16.8 Å². The van der Waals surface area contributed by atoms with Gasteiger partial charge in [0.2, 0.25) is 5.90 Å². The Morgan fingerprint density at radius 2 is 1.67 bits per heavy atom. The molecule has 0 radical (unpaired) electrons. The first-order chi connectivity index (χ1) is 13.0. The van der Waals surface area contributed by atoms with Gasteiger partial charge in [0.05, 0.1) is 11.4 Å². The first kappa shape index (κ1) is 17.0. The highest BCUT2D eigenvalue weighted by Crippen LogP contribution is 2.24. The summed E-state index contributed by atoms with van der Waals surface area (Å²) in [5.74, 6) is -0.121. The maximum absolute atomic E-state index is 12.3. The zero-order chi connectivity index (χ0) is 19.0. The van der Waals surface area contributed by atoms with Crippen LogP contribution in [0.25, 0.3) is 11.8 Å². The van der Waals surface area contributed by atoms with Crippen molar-refractivity contribution in [3.63, 3.8) is 0 Å². The van der Waals surface area contributed by atoms with Gasteiger partial charge in [-0.1, -0.05) is 35.9 Å². The highest BCUT2D eigenvalue weighted by molar-refractivity contribution is 6.12. The molecule has 0 N–H and O–H groups in total. The lowest BCUT2D eigenvalue weighted by molar-refractivity contribution is -0.129. The van der Waals surface area contributed by atoms with Gasteiger partial charge in [0.25, 0.3) is 0 Å². The fourth-order valence-corrected chi connectivity index (χ4v) is 3.05. The van der Waals surface area contributed by atoms with E-state index in [-0.39, 0.29) is 5.70 Å². The Hall–Kier alpha value is -3.47. The van der Waals surface area contributed by atoms with E-state index in [0.717, 1.165) is 28.2 Å². The second-order valence-electron chi connectivity index (χ2n) is 6.53. The van der Waals surface area contributed by atoms with Gasteiger partial charge >= 0.3 is 5.97 Å². The van der Waals surface area contributed by atoms with E-state index >= 15 is 0 Å². The SMILES string of the molecule is Cc1ccc(-n2nc(C)c(/C=C3\N=C(c4ccccc4)OC3=O)c2C)cc1. The molecule has 1 aliphatic rings. The molecule has 1 aromatic heterocycles. The number of hydrogen-bond donors (Lipinski definition) is 0. The number of carbonyl (C=O) groups excluding carboxylic acids is 1. The first-order valence-electron chi connectivity index (χ1n) is 8.74. The van der Waals surface area contributed by atoms with Crippen molar-refractivity contribution in [2.24, 2.45) is 4.99 Å². The summed E-state index contributed by atoms with van der Waals surface area (Å²) in [6.07, 6.45) is 1.75. The summed E-state index contributed by atoms with van der Waals surface area (Å²) in [5.41, 5.74) is 5.88. The molecule has 0 aliphatic carbocycles. The van der Waals surface area contributed by atoms with Crippen LogP contribution in [0.5, 0.6) is 0 Å². The summed E-state index contributed by atoms with van der Waals surface area (Å²) in [6, 6.07) is 17.6. The third-order valence-corrected chi connectivity index (χ3v) is 4.55. The fourth-order valence-electron chi connectivity index (χ4n) is 3.05. The summed E-state index contributed by atoms with van der Waals surface area (Å²) in [4.78, 5) is 16.6. The maximum Gasteiger partial charge on any atom is 0.363 e. The highest BCUT2D eigenvalue weighted by Gasteiger charge is 2.25. The van der Waals surface area contributed by atoms with Crippen LogP contribution in [0.1, 0.15) is 28.1 Å². The van der Waals surface area contributed by atoms with Crippen molar-refractivity contribution in [3.8, 4) is 5.69 Å². The van der Waals surface area contributed by atoms with E-state index in [9.17, 15) is 4.79 Å². The van der Waals surface area contributed by atoms with Crippen LogP contribution >= 0.6 is 0 Å². The predicted molar refractivity (Wildman–Crippen MR) is 105 cm³/mol. The molecule has 0 unspecified atom stereocenters. The second-order valence-corrected chi connectivity index (χ2v) is 6.53. The molecule has 0 saturated heterocycles. The van der Waals surface area contributed by atoms with Gasteiger partial charge in [-0.05, 0) is 51.1 Å². The lowest BCUT2D eigenvalue weighted by Gasteiger charge is -2.04. The summed E-state index contributed by atoms with van der Waals surface area (Å²) in [6.45, 7) is 5.95. The lowest BCUT2D eigenvalue weighted by Crippen LogP contribution is -2.05. The minimum atomic E-state index is -0.448. The molecule has 134 valence electrons. The number of rotatable bonds is 3. The van der Waals surface area contributed by atoms with Gasteiger partial charge in [0.1, 0.15) is 0 Å². The van der Waals surface area contributed by atoms with Gasteiger partial charge in [-0.25, -0.2) is 14.5 Å². The van der Waals surface area contributed by atoms with Gasteiger partial charge in [-0.15, -0.1) is 0 Å². The summed E-state index contributed by atoms with van der Waals surface area (Å²) < 4.78 is 7.21. The summed E-state index contributed by atoms with van der Waals surface area (Å²) in [7, 11) is 0. The van der Waals surface area contributed by atoms with Crippen molar-refractivity contribution in [3.05, 3.63) is 88.4 Å². The Balaban J connectivity index is 1.73. The molecule has 27 heavy (non-hydrogen) atoms. The number of esters is 1. The highest BCUT2D eigenvalue weighted by atomic mass is 16.6. The number of aryl methyl sites for hydroxylation is 2. The number of carbonyl (C=O) groups is 1. The molecule has 0 atom stereocenters. The Morgan fingerprint density at radius 1 is 0.963 bits per heavy atom. The van der Waals surface area contributed by atoms with E-state index in [1.165, 1.54) is 5.56 Å². The molecular weight excluding hydrogens is 338 g/mol. The van der Waals surface area contributed by atoms with E-state index in [2.05, 4.69) is 29.1 Å². The Bertz CT molecular complexity index is 1070.